The first-order valence-electron chi connectivity index (χ1n) is 25.2. The second-order valence-electron chi connectivity index (χ2n) is 20.4. The maximum absolute atomic E-state index is 13.2. The first-order chi connectivity index (χ1) is 35.8. The molecule has 9 nitrogen and oxygen atoms in total. The minimum absolute atomic E-state index is 0.318. The standard InChI is InChI=1S/C37H31Cl2N.C24H24ClN3O3.C2H4O2/c1-20(2)22-13-14-24-19-29-33(25-9-5-7-11-30(25)38)36-28-18-23(21(3)4)15-16-32(28)40-37(36)35(34(29)27(24)17-22)26-10-6-8-12-31(26)39;1-13(2)14-9-10-19-16(11-14)17(12-26-19)20(15-7-5-6-8-18(15)25)21-22(29)27(3)24(31)28(4)23(21)30;1-2(3)4/h5-18,20-21,40H,19H2,1-4H3;5-13,20-21,26H,1-4H3;1H3,(H,3,4). The fourth-order valence-electron chi connectivity index (χ4n) is 10.7. The first-order valence-corrected chi connectivity index (χ1v) is 26.3. The third-order valence-corrected chi connectivity index (χ3v) is 15.7. The molecule has 2 aliphatic rings. The van der Waals surface area contributed by atoms with Crippen LogP contribution in [0.25, 0.3) is 66.1 Å². The van der Waals surface area contributed by atoms with Crippen LogP contribution < -0.4 is 0 Å². The van der Waals surface area contributed by atoms with Gasteiger partial charge < -0.3 is 15.1 Å². The van der Waals surface area contributed by atoms with Crippen molar-refractivity contribution in [3.05, 3.63) is 188 Å². The number of carbonyl (C=O) groups is 4. The zero-order valence-electron chi connectivity index (χ0n) is 43.4. The molecule has 12 heteroatoms. The molecule has 3 N–H and O–H groups in total. The Kier molecular flexibility index (Phi) is 14.9. The maximum Gasteiger partial charge on any atom is 0.332 e. The number of aromatic nitrogens is 2. The van der Waals surface area contributed by atoms with Crippen molar-refractivity contribution >= 4 is 91.3 Å². The van der Waals surface area contributed by atoms with Crippen molar-refractivity contribution in [2.45, 2.75) is 78.6 Å². The van der Waals surface area contributed by atoms with E-state index in [4.69, 9.17) is 44.7 Å². The summed E-state index contributed by atoms with van der Waals surface area (Å²) in [5.74, 6) is -2.47. The van der Waals surface area contributed by atoms with E-state index in [1.54, 1.807) is 12.1 Å². The number of fused-ring (bicyclic) bond motifs is 7. The number of barbiturate groups is 1. The van der Waals surface area contributed by atoms with Gasteiger partial charge in [-0.2, -0.15) is 0 Å². The Morgan fingerprint density at radius 3 is 1.64 bits per heavy atom. The van der Waals surface area contributed by atoms with E-state index in [0.29, 0.717) is 28.3 Å². The maximum atomic E-state index is 13.2. The molecule has 0 saturated carbocycles. The molecular weight excluding hydrogens is 999 g/mol. The Morgan fingerprint density at radius 2 is 1.08 bits per heavy atom. The van der Waals surface area contributed by atoms with Crippen LogP contribution in [0.2, 0.25) is 15.1 Å². The molecule has 3 heterocycles. The van der Waals surface area contributed by atoms with E-state index in [2.05, 4.69) is 124 Å². The summed E-state index contributed by atoms with van der Waals surface area (Å²) in [5.41, 5.74) is 18.2. The molecule has 7 aromatic carbocycles. The molecule has 2 aromatic heterocycles. The van der Waals surface area contributed by atoms with E-state index in [-0.39, 0.29) is 0 Å². The number of urea groups is 1. The summed E-state index contributed by atoms with van der Waals surface area (Å²) in [6.07, 6.45) is 2.69. The van der Waals surface area contributed by atoms with Gasteiger partial charge in [0.1, 0.15) is 5.92 Å². The Bertz CT molecular complexity index is 3710. The van der Waals surface area contributed by atoms with Crippen LogP contribution in [0.1, 0.15) is 111 Å². The number of nitrogens with one attached hydrogen (secondary N) is 2. The van der Waals surface area contributed by atoms with Gasteiger partial charge in [0.2, 0.25) is 11.8 Å². The predicted octanol–water partition coefficient (Wildman–Crippen LogP) is 16.6. The Balaban J connectivity index is 0.000000177. The summed E-state index contributed by atoms with van der Waals surface area (Å²) in [7, 11) is 2.80. The zero-order chi connectivity index (χ0) is 53.7. The number of aliphatic carboxylic acids is 1. The molecule has 11 rings (SSSR count). The summed E-state index contributed by atoms with van der Waals surface area (Å²) in [6, 6.07) is 43.1. The molecule has 1 atom stereocenters. The fourth-order valence-corrected chi connectivity index (χ4v) is 11.4. The molecule has 1 aliphatic carbocycles. The topological polar surface area (TPSA) is 127 Å². The van der Waals surface area contributed by atoms with Crippen molar-refractivity contribution in [1.29, 1.82) is 0 Å². The van der Waals surface area contributed by atoms with Crippen LogP contribution in [0.15, 0.2) is 134 Å². The van der Waals surface area contributed by atoms with E-state index in [0.717, 1.165) is 77.4 Å². The smallest absolute Gasteiger partial charge is 0.332 e. The zero-order valence-corrected chi connectivity index (χ0v) is 45.7. The third-order valence-electron chi connectivity index (χ3n) is 14.6. The number of amides is 4. The lowest BCUT2D eigenvalue weighted by Gasteiger charge is -2.37. The van der Waals surface area contributed by atoms with Crippen molar-refractivity contribution < 1.29 is 24.3 Å². The second kappa shape index (κ2) is 21.2. The van der Waals surface area contributed by atoms with Gasteiger partial charge in [-0.25, -0.2) is 4.79 Å². The van der Waals surface area contributed by atoms with Gasteiger partial charge in [0.05, 0.1) is 5.52 Å². The Labute approximate surface area is 452 Å². The van der Waals surface area contributed by atoms with Gasteiger partial charge in [-0.15, -0.1) is 0 Å². The SMILES string of the molecule is CC(=O)O.CC(C)c1ccc2[nH]cc(C(c3ccccc3Cl)C3C(=O)N(C)C(=O)N(C)C3=O)c2c1.CC(C)c1ccc2c(c1)-c1c(c(-c3ccccc3Cl)c3c([nH]c4ccc(C(C)C)cc43)c1-c1ccccc1Cl)C2. The molecule has 1 saturated heterocycles. The van der Waals surface area contributed by atoms with Crippen molar-refractivity contribution in [3.63, 3.8) is 0 Å². The monoisotopic (exact) mass is 1060 g/mol. The van der Waals surface area contributed by atoms with Crippen molar-refractivity contribution in [3.8, 4) is 33.4 Å². The molecule has 75 heavy (non-hydrogen) atoms. The second-order valence-corrected chi connectivity index (χ2v) is 21.6. The number of hydrogen-bond donors (Lipinski definition) is 3. The van der Waals surface area contributed by atoms with E-state index in [9.17, 15) is 14.4 Å². The van der Waals surface area contributed by atoms with Gasteiger partial charge in [-0.3, -0.25) is 24.2 Å². The predicted molar refractivity (Wildman–Crippen MR) is 307 cm³/mol. The number of benzene rings is 7. The minimum Gasteiger partial charge on any atom is -0.481 e. The average molecular weight is 1060 g/mol. The number of rotatable bonds is 8. The molecule has 1 aliphatic heterocycles. The number of carboxylic acid groups (broad SMARTS) is 1. The fraction of sp³-hybridized carbons (Fsp3) is 0.238. The first kappa shape index (κ1) is 52.7. The number of imide groups is 2. The van der Waals surface area contributed by atoms with E-state index >= 15 is 0 Å². The molecule has 4 amide bonds. The molecule has 382 valence electrons. The highest BCUT2D eigenvalue weighted by molar-refractivity contribution is 6.36. The average Bonchev–Trinajstić information content (AvgIpc) is 4.10. The highest BCUT2D eigenvalue weighted by atomic mass is 35.5. The molecule has 0 bridgehead atoms. The molecule has 9 aromatic rings. The summed E-state index contributed by atoms with van der Waals surface area (Å²) in [6.45, 7) is 14.3. The minimum atomic E-state index is -1.10. The number of aromatic amines is 2. The van der Waals surface area contributed by atoms with Crippen molar-refractivity contribution in [2.24, 2.45) is 5.92 Å². The third kappa shape index (κ3) is 9.74. The summed E-state index contributed by atoms with van der Waals surface area (Å²) in [5, 5.41) is 12.8. The lowest BCUT2D eigenvalue weighted by atomic mass is 9.78. The van der Waals surface area contributed by atoms with Gasteiger partial charge in [-0.1, -0.05) is 161 Å². The van der Waals surface area contributed by atoms with Crippen LogP contribution in [0.5, 0.6) is 0 Å². The van der Waals surface area contributed by atoms with Crippen LogP contribution in [0.3, 0.4) is 0 Å². The van der Waals surface area contributed by atoms with Crippen molar-refractivity contribution in [2.75, 3.05) is 14.1 Å². The van der Waals surface area contributed by atoms with Gasteiger partial charge in [0.25, 0.3) is 5.97 Å². The van der Waals surface area contributed by atoms with Gasteiger partial charge in [0.15, 0.2) is 0 Å². The highest BCUT2D eigenvalue weighted by Gasteiger charge is 2.48. The van der Waals surface area contributed by atoms with Crippen LogP contribution in [0, 0.1) is 5.92 Å². The number of carbonyl (C=O) groups excluding carboxylic acids is 3. The summed E-state index contributed by atoms with van der Waals surface area (Å²) >= 11 is 20.5. The Morgan fingerprint density at radius 1 is 0.587 bits per heavy atom. The van der Waals surface area contributed by atoms with Gasteiger partial charge in [-0.05, 0) is 122 Å². The lowest BCUT2D eigenvalue weighted by Crippen LogP contribution is -2.58. The molecule has 0 spiro atoms. The molecule has 1 fully saturated rings. The Hall–Kier alpha value is -7.17. The number of hydrogen-bond acceptors (Lipinski definition) is 4. The number of nitrogens with zero attached hydrogens (tertiary/aromatic N) is 2. The van der Waals surface area contributed by atoms with E-state index in [1.807, 2.05) is 48.7 Å². The van der Waals surface area contributed by atoms with E-state index < -0.39 is 35.7 Å². The van der Waals surface area contributed by atoms with Crippen LogP contribution in [-0.2, 0) is 20.8 Å². The lowest BCUT2D eigenvalue weighted by molar-refractivity contribution is -0.148. The van der Waals surface area contributed by atoms with Crippen LogP contribution in [0.4, 0.5) is 4.79 Å². The van der Waals surface area contributed by atoms with Crippen LogP contribution >= 0.6 is 34.8 Å². The molecule has 0 radical (unpaired) electrons. The highest BCUT2D eigenvalue weighted by Crippen LogP contribution is 2.55. The van der Waals surface area contributed by atoms with Gasteiger partial charge >= 0.3 is 6.03 Å². The quantitative estimate of drug-likeness (QED) is 0.131. The number of halogens is 3. The van der Waals surface area contributed by atoms with E-state index in [1.165, 1.54) is 69.4 Å². The largest absolute Gasteiger partial charge is 0.481 e. The molecule has 1 unspecified atom stereocenters. The normalized spacial score (nSPS) is 13.9. The number of H-pyrrole nitrogens is 2. The van der Waals surface area contributed by atoms with Gasteiger partial charge in [0, 0.05) is 92.1 Å². The molecular formula is C63H59Cl3N4O5. The summed E-state index contributed by atoms with van der Waals surface area (Å²) < 4.78 is 0. The van der Waals surface area contributed by atoms with Crippen LogP contribution in [-0.4, -0.2) is 62.8 Å². The summed E-state index contributed by atoms with van der Waals surface area (Å²) in [4.78, 5) is 56.9. The number of carboxylic acids is 1. The van der Waals surface area contributed by atoms with Crippen molar-refractivity contribution in [1.82, 2.24) is 19.8 Å².